The fraction of sp³-hybridized carbons (Fsp3) is 0.381. The van der Waals surface area contributed by atoms with Gasteiger partial charge in [0.15, 0.2) is 16.4 Å². The standard InChI is InChI=1S/C21H23ClN2O7S/c1-13-16(21(22)24(23-13)14-8-9-32(27,28)12-14)5-7-20(26)31-11-18(25)17-10-15(29-2)4-6-19(17)30-3/h4-7,10,14H,8-9,11-12H2,1-3H3. The van der Waals surface area contributed by atoms with Crippen LogP contribution >= 0.6 is 11.6 Å². The van der Waals surface area contributed by atoms with E-state index in [9.17, 15) is 18.0 Å². The second-order valence-electron chi connectivity index (χ2n) is 7.22. The molecular formula is C21H23ClN2O7S. The molecule has 1 fully saturated rings. The number of sulfone groups is 1. The van der Waals surface area contributed by atoms with Crippen LogP contribution in [0.2, 0.25) is 5.15 Å². The third-order valence-corrected chi connectivity index (χ3v) is 7.19. The molecule has 0 aliphatic carbocycles. The highest BCUT2D eigenvalue weighted by molar-refractivity contribution is 7.91. The average Bonchev–Trinajstić information content (AvgIpc) is 3.27. The minimum atomic E-state index is -3.10. The minimum absolute atomic E-state index is 0.0190. The van der Waals surface area contributed by atoms with Crippen LogP contribution in [-0.4, -0.2) is 62.3 Å². The number of aromatic nitrogens is 2. The normalized spacial score (nSPS) is 17.4. The van der Waals surface area contributed by atoms with Crippen molar-refractivity contribution in [1.82, 2.24) is 9.78 Å². The molecule has 32 heavy (non-hydrogen) atoms. The first kappa shape index (κ1) is 23.8. The lowest BCUT2D eigenvalue weighted by atomic mass is 10.1. The maximum atomic E-state index is 12.5. The molecule has 0 spiro atoms. The lowest BCUT2D eigenvalue weighted by molar-refractivity contribution is -0.136. The number of aryl methyl sites for hydroxylation is 1. The molecule has 2 aromatic rings. The Morgan fingerprint density at radius 2 is 2.03 bits per heavy atom. The zero-order valence-electron chi connectivity index (χ0n) is 17.8. The Morgan fingerprint density at radius 3 is 2.66 bits per heavy atom. The lowest BCUT2D eigenvalue weighted by Crippen LogP contribution is -2.13. The van der Waals surface area contributed by atoms with Crippen LogP contribution in [0.3, 0.4) is 0 Å². The Balaban J connectivity index is 1.66. The minimum Gasteiger partial charge on any atom is -0.497 e. The summed E-state index contributed by atoms with van der Waals surface area (Å²) in [5.41, 5.74) is 1.25. The van der Waals surface area contributed by atoms with Gasteiger partial charge in [0, 0.05) is 11.6 Å². The Labute approximate surface area is 190 Å². The van der Waals surface area contributed by atoms with Crippen molar-refractivity contribution >= 4 is 39.3 Å². The first-order chi connectivity index (χ1) is 15.1. The fourth-order valence-electron chi connectivity index (χ4n) is 3.38. The van der Waals surface area contributed by atoms with E-state index in [4.69, 9.17) is 25.8 Å². The maximum Gasteiger partial charge on any atom is 0.331 e. The van der Waals surface area contributed by atoms with E-state index in [1.807, 2.05) is 0 Å². The maximum absolute atomic E-state index is 12.5. The van der Waals surface area contributed by atoms with E-state index in [2.05, 4.69) is 5.10 Å². The summed E-state index contributed by atoms with van der Waals surface area (Å²) in [6.07, 6.45) is 3.01. The van der Waals surface area contributed by atoms with Crippen LogP contribution in [0.1, 0.15) is 34.1 Å². The van der Waals surface area contributed by atoms with Crippen LogP contribution in [0.15, 0.2) is 24.3 Å². The number of ketones is 1. The second kappa shape index (κ2) is 9.74. The van der Waals surface area contributed by atoms with Crippen molar-refractivity contribution < 1.29 is 32.2 Å². The van der Waals surface area contributed by atoms with Crippen LogP contribution in [0.5, 0.6) is 11.5 Å². The van der Waals surface area contributed by atoms with Gasteiger partial charge in [0.1, 0.15) is 16.7 Å². The lowest BCUT2D eigenvalue weighted by Gasteiger charge is -2.09. The molecule has 1 saturated heterocycles. The Morgan fingerprint density at radius 1 is 1.28 bits per heavy atom. The summed E-state index contributed by atoms with van der Waals surface area (Å²) in [5.74, 6) is -0.312. The van der Waals surface area contributed by atoms with Crippen LogP contribution < -0.4 is 9.47 Å². The van der Waals surface area contributed by atoms with Crippen LogP contribution in [0.4, 0.5) is 0 Å². The van der Waals surface area contributed by atoms with Crippen LogP contribution in [0, 0.1) is 6.92 Å². The SMILES string of the molecule is COc1ccc(OC)c(C(=O)COC(=O)C=Cc2c(C)nn(C3CCS(=O)(=O)C3)c2Cl)c1. The van der Waals surface area contributed by atoms with Gasteiger partial charge < -0.3 is 14.2 Å². The van der Waals surface area contributed by atoms with Gasteiger partial charge in [0.05, 0.1) is 43.0 Å². The van der Waals surface area contributed by atoms with Gasteiger partial charge in [-0.2, -0.15) is 5.10 Å². The predicted octanol–water partition coefficient (Wildman–Crippen LogP) is 2.66. The van der Waals surface area contributed by atoms with Gasteiger partial charge in [-0.3, -0.25) is 4.79 Å². The van der Waals surface area contributed by atoms with Gasteiger partial charge in [-0.15, -0.1) is 0 Å². The summed E-state index contributed by atoms with van der Waals surface area (Å²) in [4.78, 5) is 24.6. The first-order valence-electron chi connectivity index (χ1n) is 9.70. The van der Waals surface area contributed by atoms with Crippen molar-refractivity contribution in [3.8, 4) is 11.5 Å². The van der Waals surface area contributed by atoms with Crippen molar-refractivity contribution in [2.75, 3.05) is 32.3 Å². The van der Waals surface area contributed by atoms with E-state index >= 15 is 0 Å². The monoisotopic (exact) mass is 482 g/mol. The van der Waals surface area contributed by atoms with E-state index < -0.39 is 28.2 Å². The summed E-state index contributed by atoms with van der Waals surface area (Å²) in [6, 6.07) is 4.41. The highest BCUT2D eigenvalue weighted by Gasteiger charge is 2.31. The van der Waals surface area contributed by atoms with Crippen molar-refractivity contribution in [3.05, 3.63) is 46.2 Å². The molecule has 0 N–H and O–H groups in total. The molecule has 0 saturated carbocycles. The highest BCUT2D eigenvalue weighted by atomic mass is 35.5. The number of hydrogen-bond acceptors (Lipinski definition) is 8. The Bertz CT molecular complexity index is 1170. The number of hydrogen-bond donors (Lipinski definition) is 0. The summed E-state index contributed by atoms with van der Waals surface area (Å²) in [5, 5.41) is 4.56. The molecule has 2 heterocycles. The number of rotatable bonds is 8. The molecular weight excluding hydrogens is 460 g/mol. The number of ether oxygens (including phenoxy) is 3. The Hall–Kier alpha value is -2.85. The number of carbonyl (C=O) groups excluding carboxylic acids is 2. The zero-order chi connectivity index (χ0) is 23.5. The molecule has 1 aliphatic heterocycles. The van der Waals surface area contributed by atoms with Crippen LogP contribution in [-0.2, 0) is 19.4 Å². The molecule has 1 aromatic heterocycles. The largest absolute Gasteiger partial charge is 0.497 e. The molecule has 0 amide bonds. The molecule has 172 valence electrons. The molecule has 0 radical (unpaired) electrons. The van der Waals surface area contributed by atoms with Gasteiger partial charge in [-0.1, -0.05) is 11.6 Å². The van der Waals surface area contributed by atoms with E-state index in [1.54, 1.807) is 19.1 Å². The van der Waals surface area contributed by atoms with E-state index in [1.165, 1.54) is 31.0 Å². The van der Waals surface area contributed by atoms with Crippen molar-refractivity contribution in [2.45, 2.75) is 19.4 Å². The van der Waals surface area contributed by atoms with Gasteiger partial charge >= 0.3 is 5.97 Å². The molecule has 11 heteroatoms. The van der Waals surface area contributed by atoms with Crippen LogP contribution in [0.25, 0.3) is 6.08 Å². The molecule has 9 nitrogen and oxygen atoms in total. The van der Waals surface area contributed by atoms with Crippen molar-refractivity contribution in [1.29, 1.82) is 0 Å². The molecule has 0 bridgehead atoms. The highest BCUT2D eigenvalue weighted by Crippen LogP contribution is 2.30. The smallest absolute Gasteiger partial charge is 0.331 e. The number of Topliss-reactive ketones (excluding diaryl/α,β-unsaturated/α-hetero) is 1. The predicted molar refractivity (Wildman–Crippen MR) is 118 cm³/mol. The average molecular weight is 483 g/mol. The molecule has 3 rings (SSSR count). The molecule has 1 aliphatic rings. The Kier molecular flexibility index (Phi) is 7.25. The summed E-state index contributed by atoms with van der Waals surface area (Å²) in [7, 11) is -0.193. The third kappa shape index (κ3) is 5.31. The van der Waals surface area contributed by atoms with Gasteiger partial charge in [-0.05, 0) is 37.6 Å². The summed E-state index contributed by atoms with van der Waals surface area (Å²) < 4.78 is 40.3. The van der Waals surface area contributed by atoms with Crippen molar-refractivity contribution in [3.63, 3.8) is 0 Å². The molecule has 1 aromatic carbocycles. The fourth-order valence-corrected chi connectivity index (χ4v) is 5.45. The van der Waals surface area contributed by atoms with E-state index in [-0.39, 0.29) is 28.3 Å². The second-order valence-corrected chi connectivity index (χ2v) is 9.81. The topological polar surface area (TPSA) is 114 Å². The zero-order valence-corrected chi connectivity index (χ0v) is 19.4. The number of esters is 1. The molecule has 1 atom stereocenters. The summed E-state index contributed by atoms with van der Waals surface area (Å²) in [6.45, 7) is 1.22. The number of nitrogens with zero attached hydrogens (tertiary/aromatic N) is 2. The number of methoxy groups -OCH3 is 2. The van der Waals surface area contributed by atoms with Crippen molar-refractivity contribution in [2.24, 2.45) is 0 Å². The summed E-state index contributed by atoms with van der Waals surface area (Å²) >= 11 is 6.38. The van der Waals surface area contributed by atoms with Gasteiger partial charge in [0.25, 0.3) is 0 Å². The quantitative estimate of drug-likeness (QED) is 0.320. The number of halogens is 1. The van der Waals surface area contributed by atoms with Gasteiger partial charge in [-0.25, -0.2) is 17.9 Å². The number of benzene rings is 1. The number of carbonyl (C=O) groups is 2. The molecule has 1 unspecified atom stereocenters. The first-order valence-corrected chi connectivity index (χ1v) is 11.9. The van der Waals surface area contributed by atoms with E-state index in [0.29, 0.717) is 29.2 Å². The third-order valence-electron chi connectivity index (χ3n) is 5.06. The van der Waals surface area contributed by atoms with Gasteiger partial charge in [0.2, 0.25) is 5.78 Å². The van der Waals surface area contributed by atoms with E-state index in [0.717, 1.165) is 6.08 Å².